The molecule has 0 aromatic heterocycles. The van der Waals surface area contributed by atoms with Crippen molar-refractivity contribution in [3.05, 3.63) is 0 Å². The first-order valence-electron chi connectivity index (χ1n) is 12.0. The first kappa shape index (κ1) is 28.6. The second kappa shape index (κ2) is 25.4. The summed E-state index contributed by atoms with van der Waals surface area (Å²) in [6.07, 6.45) is 25.7. The molecule has 2 N–H and O–H groups in total. The summed E-state index contributed by atoms with van der Waals surface area (Å²) < 4.78 is 5.27. The molecule has 164 valence electrons. The smallest absolute Gasteiger partial charge is 0.305 e. The molecule has 0 aromatic rings. The predicted molar refractivity (Wildman–Crippen MR) is 118 cm³/mol. The quantitative estimate of drug-likeness (QED) is 0.151. The van der Waals surface area contributed by atoms with Crippen LogP contribution in [0.2, 0.25) is 0 Å². The lowest BCUT2D eigenvalue weighted by Gasteiger charge is -2.05. The zero-order valence-corrected chi connectivity index (χ0v) is 18.7. The third-order valence-electron chi connectivity index (χ3n) is 5.25. The van der Waals surface area contributed by atoms with E-state index in [1.54, 1.807) is 0 Å². The Morgan fingerprint density at radius 1 is 0.519 bits per heavy atom. The minimum atomic E-state index is 0. The van der Waals surface area contributed by atoms with Crippen LogP contribution in [0.4, 0.5) is 0 Å². The Hall–Kier alpha value is -0.570. The topological polar surface area (TPSA) is 57.8 Å². The van der Waals surface area contributed by atoms with Crippen LogP contribution >= 0.6 is 0 Å². The maximum absolute atomic E-state index is 11.6. The molecule has 0 aromatic carbocycles. The summed E-state index contributed by atoms with van der Waals surface area (Å²) in [5, 5.41) is 0. The van der Waals surface area contributed by atoms with Crippen molar-refractivity contribution >= 4 is 5.97 Å². The Balaban J connectivity index is 0. The van der Waals surface area contributed by atoms with Gasteiger partial charge in [0.05, 0.1) is 6.61 Å². The highest BCUT2D eigenvalue weighted by Crippen LogP contribution is 2.13. The Bertz CT molecular complexity index is 279. The van der Waals surface area contributed by atoms with Gasteiger partial charge in [-0.1, -0.05) is 123 Å². The lowest BCUT2D eigenvalue weighted by Crippen LogP contribution is -2.05. The molecule has 3 heteroatoms. The van der Waals surface area contributed by atoms with Gasteiger partial charge in [-0.25, -0.2) is 0 Å². The van der Waals surface area contributed by atoms with E-state index in [0.717, 1.165) is 12.8 Å². The molecule has 27 heavy (non-hydrogen) atoms. The van der Waals surface area contributed by atoms with Gasteiger partial charge < -0.3 is 10.2 Å². The molecule has 0 amide bonds. The van der Waals surface area contributed by atoms with Crippen LogP contribution in [-0.2, 0) is 9.53 Å². The van der Waals surface area contributed by atoms with Crippen LogP contribution in [0.25, 0.3) is 0 Å². The minimum Gasteiger partial charge on any atom is -0.466 e. The largest absolute Gasteiger partial charge is 0.466 e. The van der Waals surface area contributed by atoms with E-state index in [9.17, 15) is 4.79 Å². The highest BCUT2D eigenvalue weighted by atomic mass is 16.5. The third-order valence-corrected chi connectivity index (χ3v) is 5.25. The second-order valence-electron chi connectivity index (χ2n) is 7.98. The van der Waals surface area contributed by atoms with E-state index < -0.39 is 0 Å². The van der Waals surface area contributed by atoms with E-state index in [1.807, 2.05) is 0 Å². The van der Waals surface area contributed by atoms with Gasteiger partial charge in [0, 0.05) is 6.42 Å². The fraction of sp³-hybridized carbons (Fsp3) is 0.958. The molecule has 0 aliphatic heterocycles. The normalized spacial score (nSPS) is 10.6. The molecule has 0 aliphatic rings. The van der Waals surface area contributed by atoms with Crippen LogP contribution in [0.5, 0.6) is 0 Å². The van der Waals surface area contributed by atoms with Crippen LogP contribution in [0.3, 0.4) is 0 Å². The van der Waals surface area contributed by atoms with Crippen LogP contribution < -0.4 is 0 Å². The monoisotopic (exact) mass is 386 g/mol. The van der Waals surface area contributed by atoms with Gasteiger partial charge in [-0.3, -0.25) is 4.79 Å². The summed E-state index contributed by atoms with van der Waals surface area (Å²) >= 11 is 0. The number of hydrogen-bond donors (Lipinski definition) is 0. The highest BCUT2D eigenvalue weighted by molar-refractivity contribution is 5.69. The first-order chi connectivity index (χ1) is 12.8. The minimum absolute atomic E-state index is 0. The van der Waals surface area contributed by atoms with Crippen LogP contribution in [-0.4, -0.2) is 18.1 Å². The van der Waals surface area contributed by atoms with Gasteiger partial charge in [0.25, 0.3) is 0 Å². The lowest BCUT2D eigenvalue weighted by molar-refractivity contribution is -0.143. The molecule has 0 radical (unpaired) electrons. The third kappa shape index (κ3) is 25.4. The Morgan fingerprint density at radius 3 is 1.26 bits per heavy atom. The van der Waals surface area contributed by atoms with Gasteiger partial charge in [0.15, 0.2) is 0 Å². The zero-order valence-electron chi connectivity index (χ0n) is 18.7. The van der Waals surface area contributed by atoms with Crippen molar-refractivity contribution in [3.63, 3.8) is 0 Å². The van der Waals surface area contributed by atoms with E-state index in [1.165, 1.54) is 109 Å². The van der Waals surface area contributed by atoms with Crippen molar-refractivity contribution in [3.8, 4) is 0 Å². The molecule has 0 heterocycles. The van der Waals surface area contributed by atoms with E-state index in [4.69, 9.17) is 4.74 Å². The number of hydrogen-bond acceptors (Lipinski definition) is 2. The van der Waals surface area contributed by atoms with E-state index in [2.05, 4.69) is 13.8 Å². The van der Waals surface area contributed by atoms with Crippen molar-refractivity contribution in [1.82, 2.24) is 0 Å². The summed E-state index contributed by atoms with van der Waals surface area (Å²) in [5.74, 6) is 0.0104. The van der Waals surface area contributed by atoms with Gasteiger partial charge in [-0.15, -0.1) is 0 Å². The predicted octanol–water partition coefficient (Wildman–Crippen LogP) is 7.55. The molecule has 0 saturated carbocycles. The highest BCUT2D eigenvalue weighted by Gasteiger charge is 2.02. The number of rotatable bonds is 21. The molecule has 0 unspecified atom stereocenters. The van der Waals surface area contributed by atoms with Gasteiger partial charge in [0.2, 0.25) is 0 Å². The molecular weight excluding hydrogens is 336 g/mol. The maximum atomic E-state index is 11.6. The molecule has 0 saturated heterocycles. The summed E-state index contributed by atoms with van der Waals surface area (Å²) in [6, 6.07) is 0. The van der Waals surface area contributed by atoms with Crippen molar-refractivity contribution in [1.29, 1.82) is 0 Å². The fourth-order valence-electron chi connectivity index (χ4n) is 3.43. The summed E-state index contributed by atoms with van der Waals surface area (Å²) in [4.78, 5) is 11.6. The average Bonchev–Trinajstić information content (AvgIpc) is 2.64. The van der Waals surface area contributed by atoms with Gasteiger partial charge in [-0.2, -0.15) is 0 Å². The first-order valence-corrected chi connectivity index (χ1v) is 12.0. The molecule has 0 fully saturated rings. The average molecular weight is 387 g/mol. The Morgan fingerprint density at radius 2 is 0.852 bits per heavy atom. The summed E-state index contributed by atoms with van der Waals surface area (Å²) in [6.45, 7) is 5.10. The number of ether oxygens (including phenoxy) is 1. The number of carbonyl (C=O) groups excluding carboxylic acids is 1. The maximum Gasteiger partial charge on any atom is 0.305 e. The Labute approximate surface area is 170 Å². The second-order valence-corrected chi connectivity index (χ2v) is 7.98. The van der Waals surface area contributed by atoms with Crippen molar-refractivity contribution in [2.75, 3.05) is 6.61 Å². The SMILES string of the molecule is CCCCCCCCCCCCCCCCCC(=O)OCCCCCC.O. The molecular formula is C24H50O3. The zero-order chi connectivity index (χ0) is 19.1. The molecule has 3 nitrogen and oxygen atoms in total. The number of unbranched alkanes of at least 4 members (excludes halogenated alkanes) is 17. The molecule has 0 spiro atoms. The molecule has 0 atom stereocenters. The number of esters is 1. The van der Waals surface area contributed by atoms with Gasteiger partial charge in [-0.05, 0) is 12.8 Å². The molecule has 0 aliphatic carbocycles. The molecule has 0 bridgehead atoms. The van der Waals surface area contributed by atoms with Crippen LogP contribution in [0, 0.1) is 0 Å². The van der Waals surface area contributed by atoms with Crippen LogP contribution in [0.1, 0.15) is 142 Å². The standard InChI is InChI=1S/C24H48O2.H2O/c1-3-5-7-9-10-11-12-13-14-15-16-17-18-19-20-22-24(25)26-23-21-8-6-4-2;/h3-23H2,1-2H3;1H2. The van der Waals surface area contributed by atoms with Crippen molar-refractivity contribution in [2.24, 2.45) is 0 Å². The van der Waals surface area contributed by atoms with Crippen molar-refractivity contribution < 1.29 is 15.0 Å². The van der Waals surface area contributed by atoms with Crippen molar-refractivity contribution in [2.45, 2.75) is 142 Å². The summed E-state index contributed by atoms with van der Waals surface area (Å²) in [5.41, 5.74) is 0. The van der Waals surface area contributed by atoms with Gasteiger partial charge in [0.1, 0.15) is 0 Å². The van der Waals surface area contributed by atoms with Crippen LogP contribution in [0.15, 0.2) is 0 Å². The Kier molecular flexibility index (Phi) is 27.0. The van der Waals surface area contributed by atoms with E-state index in [-0.39, 0.29) is 11.4 Å². The fourth-order valence-corrected chi connectivity index (χ4v) is 3.43. The lowest BCUT2D eigenvalue weighted by atomic mass is 10.0. The van der Waals surface area contributed by atoms with Gasteiger partial charge >= 0.3 is 5.97 Å². The molecule has 0 rings (SSSR count). The summed E-state index contributed by atoms with van der Waals surface area (Å²) in [7, 11) is 0. The van der Waals surface area contributed by atoms with E-state index in [0.29, 0.717) is 13.0 Å². The number of carbonyl (C=O) groups is 1. The van der Waals surface area contributed by atoms with E-state index >= 15 is 0 Å².